The molecule has 1 unspecified atom stereocenters. The molecule has 3 nitrogen and oxygen atoms in total. The van der Waals surface area contributed by atoms with Gasteiger partial charge in [0.2, 0.25) is 5.72 Å². The zero-order valence-corrected chi connectivity index (χ0v) is 11.2. The quantitative estimate of drug-likeness (QED) is 0.584. The number of nitrogens with zero attached hydrogens (tertiary/aromatic N) is 2. The Hall–Kier alpha value is -0.830. The Morgan fingerprint density at radius 3 is 3.00 bits per heavy atom. The highest BCUT2D eigenvalue weighted by atomic mass is 16.3. The molecule has 2 aliphatic heterocycles. The minimum Gasteiger partial charge on any atom is -0.350 e. The van der Waals surface area contributed by atoms with E-state index >= 15 is 0 Å². The third kappa shape index (κ3) is 2.54. The molecule has 0 saturated heterocycles. The van der Waals surface area contributed by atoms with Gasteiger partial charge in [-0.15, -0.1) is 0 Å². The van der Waals surface area contributed by atoms with E-state index in [4.69, 9.17) is 0 Å². The van der Waals surface area contributed by atoms with Crippen molar-refractivity contribution >= 4 is 5.84 Å². The average molecular weight is 237 g/mol. The van der Waals surface area contributed by atoms with Crippen LogP contribution in [0.2, 0.25) is 0 Å². The molecule has 2 rings (SSSR count). The fourth-order valence-corrected chi connectivity index (χ4v) is 2.84. The molecular weight excluding hydrogens is 212 g/mol. The Labute approximate surface area is 104 Å². The highest BCUT2D eigenvalue weighted by Gasteiger charge is 2.45. The zero-order valence-electron chi connectivity index (χ0n) is 11.2. The summed E-state index contributed by atoms with van der Waals surface area (Å²) in [5, 5.41) is 10.7. The lowest BCUT2D eigenvalue weighted by Gasteiger charge is -2.31. The smallest absolute Gasteiger partial charge is 0.274 e. The monoisotopic (exact) mass is 237 g/mol. The molecule has 0 amide bonds. The summed E-state index contributed by atoms with van der Waals surface area (Å²) in [4.78, 5) is 2.17. The Morgan fingerprint density at radius 2 is 2.24 bits per heavy atom. The van der Waals surface area contributed by atoms with Crippen LogP contribution in [0.3, 0.4) is 0 Å². The number of hydrogen-bond acceptors (Lipinski definition) is 2. The van der Waals surface area contributed by atoms with E-state index in [1.54, 1.807) is 0 Å². The Kier molecular flexibility index (Phi) is 3.87. The maximum atomic E-state index is 10.7. The summed E-state index contributed by atoms with van der Waals surface area (Å²) in [6.07, 6.45) is 10.9. The Bertz CT molecular complexity index is 335. The fourth-order valence-electron chi connectivity index (χ4n) is 2.84. The summed E-state index contributed by atoms with van der Waals surface area (Å²) in [6.45, 7) is 4.30. The lowest BCUT2D eigenvalue weighted by atomic mass is 10.0. The second kappa shape index (κ2) is 5.21. The van der Waals surface area contributed by atoms with E-state index in [0.717, 1.165) is 32.4 Å². The normalized spacial score (nSPS) is 27.8. The van der Waals surface area contributed by atoms with E-state index in [2.05, 4.69) is 29.5 Å². The van der Waals surface area contributed by atoms with Crippen molar-refractivity contribution in [2.45, 2.75) is 51.2 Å². The number of aliphatic hydroxyl groups is 1. The molecule has 0 aromatic heterocycles. The van der Waals surface area contributed by atoms with E-state index in [1.807, 2.05) is 6.08 Å². The maximum Gasteiger partial charge on any atom is 0.274 e. The van der Waals surface area contributed by atoms with E-state index in [0.29, 0.717) is 0 Å². The molecule has 0 aromatic rings. The lowest BCUT2D eigenvalue weighted by Crippen LogP contribution is -2.51. The van der Waals surface area contributed by atoms with Crippen LogP contribution in [0.5, 0.6) is 0 Å². The van der Waals surface area contributed by atoms with E-state index < -0.39 is 5.72 Å². The van der Waals surface area contributed by atoms with E-state index in [-0.39, 0.29) is 0 Å². The first-order chi connectivity index (χ1) is 8.17. The van der Waals surface area contributed by atoms with E-state index in [9.17, 15) is 5.11 Å². The summed E-state index contributed by atoms with van der Waals surface area (Å²) in [5.74, 6) is 1.19. The molecule has 0 aliphatic carbocycles. The first-order valence-electron chi connectivity index (χ1n) is 6.95. The number of unbranched alkanes of at least 4 members (excludes halogenated alkanes) is 3. The van der Waals surface area contributed by atoms with Gasteiger partial charge in [0.25, 0.3) is 5.84 Å². The molecule has 2 aliphatic rings. The van der Waals surface area contributed by atoms with Gasteiger partial charge < -0.3 is 5.11 Å². The van der Waals surface area contributed by atoms with Crippen molar-refractivity contribution in [2.75, 3.05) is 20.1 Å². The summed E-state index contributed by atoms with van der Waals surface area (Å²) in [5.41, 5.74) is -0.711. The minimum absolute atomic E-state index is 0.711. The second-order valence-electron chi connectivity index (χ2n) is 5.31. The largest absolute Gasteiger partial charge is 0.350 e. The van der Waals surface area contributed by atoms with Crippen LogP contribution < -0.4 is 0 Å². The third-order valence-electron chi connectivity index (χ3n) is 3.91. The SMILES string of the molecule is CCCCCCC1(O)C=CC2=[N+](C)CCCN21. The average Bonchev–Trinajstić information content (AvgIpc) is 2.65. The van der Waals surface area contributed by atoms with Gasteiger partial charge in [0.1, 0.15) is 0 Å². The molecule has 0 radical (unpaired) electrons. The minimum atomic E-state index is -0.711. The van der Waals surface area contributed by atoms with Gasteiger partial charge in [0, 0.05) is 18.9 Å². The third-order valence-corrected chi connectivity index (χ3v) is 3.91. The Morgan fingerprint density at radius 1 is 1.41 bits per heavy atom. The van der Waals surface area contributed by atoms with Crippen LogP contribution in [-0.4, -0.2) is 46.3 Å². The number of hydrogen-bond donors (Lipinski definition) is 1. The van der Waals surface area contributed by atoms with Crippen molar-refractivity contribution < 1.29 is 9.68 Å². The van der Waals surface area contributed by atoms with Crippen molar-refractivity contribution in [3.05, 3.63) is 12.2 Å². The molecule has 96 valence electrons. The van der Waals surface area contributed by atoms with Crippen molar-refractivity contribution in [1.29, 1.82) is 0 Å². The molecule has 1 atom stereocenters. The molecule has 0 bridgehead atoms. The predicted molar refractivity (Wildman–Crippen MR) is 70.2 cm³/mol. The lowest BCUT2D eigenvalue weighted by molar-refractivity contribution is -0.509. The molecule has 1 N–H and O–H groups in total. The Balaban J connectivity index is 1.97. The van der Waals surface area contributed by atoms with Gasteiger partial charge in [-0.3, -0.25) is 4.58 Å². The standard InChI is InChI=1S/C14H25N2O/c1-3-4-5-6-9-14(17)10-8-13-15(2)11-7-12-16(13)14/h8,10,17H,3-7,9,11-12H2,1-2H3/q+1. The zero-order chi connectivity index (χ0) is 12.3. The van der Waals surface area contributed by atoms with Crippen LogP contribution in [0.15, 0.2) is 12.2 Å². The predicted octanol–water partition coefficient (Wildman–Crippen LogP) is 1.96. The van der Waals surface area contributed by atoms with Crippen LogP contribution in [0.4, 0.5) is 0 Å². The van der Waals surface area contributed by atoms with Crippen LogP contribution in [-0.2, 0) is 0 Å². The van der Waals surface area contributed by atoms with Crippen molar-refractivity contribution in [2.24, 2.45) is 0 Å². The first-order valence-corrected chi connectivity index (χ1v) is 6.95. The van der Waals surface area contributed by atoms with Gasteiger partial charge in [-0.05, 0) is 12.5 Å². The first kappa shape index (κ1) is 12.6. The van der Waals surface area contributed by atoms with E-state index in [1.165, 1.54) is 25.1 Å². The molecular formula is C14H25N2O+. The second-order valence-corrected chi connectivity index (χ2v) is 5.31. The van der Waals surface area contributed by atoms with Gasteiger partial charge >= 0.3 is 0 Å². The van der Waals surface area contributed by atoms with Crippen molar-refractivity contribution in [3.63, 3.8) is 0 Å². The fraction of sp³-hybridized carbons (Fsp3) is 0.786. The van der Waals surface area contributed by atoms with Crippen LogP contribution in [0.25, 0.3) is 0 Å². The highest BCUT2D eigenvalue weighted by Crippen LogP contribution is 2.29. The topological polar surface area (TPSA) is 26.5 Å². The van der Waals surface area contributed by atoms with Crippen molar-refractivity contribution in [3.8, 4) is 0 Å². The number of rotatable bonds is 5. The van der Waals surface area contributed by atoms with Crippen LogP contribution in [0.1, 0.15) is 45.4 Å². The molecule has 0 aromatic carbocycles. The number of amidine groups is 1. The summed E-state index contributed by atoms with van der Waals surface area (Å²) in [7, 11) is 2.11. The molecule has 17 heavy (non-hydrogen) atoms. The summed E-state index contributed by atoms with van der Waals surface area (Å²) >= 11 is 0. The van der Waals surface area contributed by atoms with Gasteiger partial charge in [0.05, 0.1) is 20.1 Å². The van der Waals surface area contributed by atoms with Gasteiger partial charge in [-0.1, -0.05) is 26.2 Å². The molecule has 3 heteroatoms. The van der Waals surface area contributed by atoms with Gasteiger partial charge in [0.15, 0.2) is 0 Å². The van der Waals surface area contributed by atoms with Gasteiger partial charge in [-0.2, -0.15) is 0 Å². The van der Waals surface area contributed by atoms with Crippen LogP contribution >= 0.6 is 0 Å². The summed E-state index contributed by atoms with van der Waals surface area (Å²) < 4.78 is 2.24. The molecule has 0 saturated carbocycles. The highest BCUT2D eigenvalue weighted by molar-refractivity contribution is 5.92. The van der Waals surface area contributed by atoms with Gasteiger partial charge in [-0.25, -0.2) is 4.90 Å². The maximum absolute atomic E-state index is 10.7. The number of fused-ring (bicyclic) bond motifs is 1. The summed E-state index contributed by atoms with van der Waals surface area (Å²) in [6, 6.07) is 0. The molecule has 0 spiro atoms. The van der Waals surface area contributed by atoms with Crippen LogP contribution in [0, 0.1) is 0 Å². The molecule has 0 fully saturated rings. The van der Waals surface area contributed by atoms with Crippen molar-refractivity contribution in [1.82, 2.24) is 4.90 Å². The molecule has 2 heterocycles.